The standard InChI is InChI=1S/C11H11ClN2O2S2/c12-7-3-1-2-4-8(7)14-9-5-18(15,16)6-10(9)17-11(14)13/h1-4,9-10,13H,5-6H2/t9-,10-/m1/s1. The molecule has 2 aliphatic heterocycles. The fourth-order valence-corrected chi connectivity index (χ4v) is 6.45. The Labute approximate surface area is 115 Å². The van der Waals surface area contributed by atoms with E-state index in [0.717, 1.165) is 5.69 Å². The van der Waals surface area contributed by atoms with Gasteiger partial charge >= 0.3 is 0 Å². The van der Waals surface area contributed by atoms with E-state index in [1.165, 1.54) is 11.8 Å². The van der Waals surface area contributed by atoms with E-state index < -0.39 is 9.84 Å². The van der Waals surface area contributed by atoms with Gasteiger partial charge < -0.3 is 4.90 Å². The lowest BCUT2D eigenvalue weighted by Gasteiger charge is -2.24. The van der Waals surface area contributed by atoms with Crippen LogP contribution in [0.3, 0.4) is 0 Å². The van der Waals surface area contributed by atoms with Crippen molar-refractivity contribution in [2.45, 2.75) is 11.3 Å². The molecule has 0 aliphatic carbocycles. The maximum atomic E-state index is 11.7. The Bertz CT molecular complexity index is 617. The third-order valence-electron chi connectivity index (χ3n) is 3.20. The molecule has 0 saturated carbocycles. The Kier molecular flexibility index (Phi) is 2.84. The van der Waals surface area contributed by atoms with Gasteiger partial charge in [-0.05, 0) is 12.1 Å². The predicted octanol–water partition coefficient (Wildman–Crippen LogP) is 1.99. The molecule has 2 heterocycles. The maximum absolute atomic E-state index is 11.7. The number of hydrogen-bond donors (Lipinski definition) is 1. The molecule has 1 aromatic carbocycles. The van der Waals surface area contributed by atoms with Crippen LogP contribution in [0.15, 0.2) is 24.3 Å². The zero-order valence-corrected chi connectivity index (χ0v) is 11.7. The SMILES string of the molecule is N=C1S[C@@H]2CS(=O)(=O)C[C@H]2N1c1ccccc1Cl. The van der Waals surface area contributed by atoms with Crippen LogP contribution in [0, 0.1) is 5.41 Å². The van der Waals surface area contributed by atoms with Crippen molar-refractivity contribution < 1.29 is 8.42 Å². The second-order valence-corrected chi connectivity index (χ2v) is 8.22. The van der Waals surface area contributed by atoms with Gasteiger partial charge in [-0.25, -0.2) is 8.42 Å². The number of sulfone groups is 1. The minimum atomic E-state index is -2.98. The summed E-state index contributed by atoms with van der Waals surface area (Å²) in [5, 5.41) is 8.89. The van der Waals surface area contributed by atoms with Crippen LogP contribution >= 0.6 is 23.4 Å². The fraction of sp³-hybridized carbons (Fsp3) is 0.364. The van der Waals surface area contributed by atoms with Gasteiger partial charge in [0, 0.05) is 5.25 Å². The van der Waals surface area contributed by atoms with Crippen molar-refractivity contribution in [3.63, 3.8) is 0 Å². The normalized spacial score (nSPS) is 29.6. The summed E-state index contributed by atoms with van der Waals surface area (Å²) in [6.45, 7) is 0. The van der Waals surface area contributed by atoms with Crippen molar-refractivity contribution in [1.82, 2.24) is 0 Å². The summed E-state index contributed by atoms with van der Waals surface area (Å²) >= 11 is 7.46. The number of anilines is 1. The Balaban J connectivity index is 2.02. The molecule has 1 N–H and O–H groups in total. The maximum Gasteiger partial charge on any atom is 0.161 e. The van der Waals surface area contributed by atoms with Crippen molar-refractivity contribution in [2.75, 3.05) is 16.4 Å². The molecule has 3 rings (SSSR count). The lowest BCUT2D eigenvalue weighted by atomic mass is 10.2. The minimum absolute atomic E-state index is 0.0428. The minimum Gasteiger partial charge on any atom is -0.315 e. The van der Waals surface area contributed by atoms with Crippen LogP contribution < -0.4 is 4.90 Å². The van der Waals surface area contributed by atoms with Gasteiger partial charge in [-0.1, -0.05) is 35.5 Å². The topological polar surface area (TPSA) is 61.2 Å². The number of hydrogen-bond acceptors (Lipinski definition) is 4. The van der Waals surface area contributed by atoms with Crippen LogP contribution in [0.25, 0.3) is 0 Å². The van der Waals surface area contributed by atoms with E-state index in [-0.39, 0.29) is 22.8 Å². The number of nitrogens with one attached hydrogen (secondary N) is 1. The molecule has 1 aromatic rings. The number of fused-ring (bicyclic) bond motifs is 1. The zero-order valence-electron chi connectivity index (χ0n) is 9.34. The van der Waals surface area contributed by atoms with Gasteiger partial charge in [0.2, 0.25) is 0 Å². The van der Waals surface area contributed by atoms with Crippen LogP contribution in [0.4, 0.5) is 5.69 Å². The molecule has 96 valence electrons. The average Bonchev–Trinajstić information content (AvgIpc) is 2.70. The Hall–Kier alpha value is -0.720. The van der Waals surface area contributed by atoms with E-state index >= 15 is 0 Å². The molecule has 0 radical (unpaired) electrons. The van der Waals surface area contributed by atoms with Gasteiger partial charge in [-0.2, -0.15) is 0 Å². The summed E-state index contributed by atoms with van der Waals surface area (Å²) in [4.78, 5) is 1.75. The van der Waals surface area contributed by atoms with Crippen LogP contribution in [-0.4, -0.2) is 36.4 Å². The second kappa shape index (κ2) is 4.15. The van der Waals surface area contributed by atoms with Crippen molar-refractivity contribution in [3.05, 3.63) is 29.3 Å². The molecule has 7 heteroatoms. The van der Waals surface area contributed by atoms with Crippen LogP contribution in [0.5, 0.6) is 0 Å². The summed E-state index contributed by atoms with van der Waals surface area (Å²) in [6, 6.07) is 7.08. The number of rotatable bonds is 1. The molecule has 4 nitrogen and oxygen atoms in total. The van der Waals surface area contributed by atoms with Crippen molar-refractivity contribution in [3.8, 4) is 0 Å². The van der Waals surface area contributed by atoms with Gasteiger partial charge in [-0.15, -0.1) is 0 Å². The average molecular weight is 303 g/mol. The summed E-state index contributed by atoms with van der Waals surface area (Å²) in [5.74, 6) is 0.268. The molecule has 0 aromatic heterocycles. The Morgan fingerprint density at radius 1 is 1.33 bits per heavy atom. The molecular weight excluding hydrogens is 292 g/mol. The monoisotopic (exact) mass is 302 g/mol. The molecule has 18 heavy (non-hydrogen) atoms. The van der Waals surface area contributed by atoms with E-state index in [1.54, 1.807) is 11.0 Å². The van der Waals surface area contributed by atoms with Gasteiger partial charge in [0.05, 0.1) is 28.3 Å². The molecule has 2 atom stereocenters. The molecule has 0 bridgehead atoms. The first-order valence-corrected chi connectivity index (χ1v) is 8.55. The van der Waals surface area contributed by atoms with E-state index in [0.29, 0.717) is 10.2 Å². The first-order valence-electron chi connectivity index (χ1n) is 5.47. The zero-order chi connectivity index (χ0) is 12.9. The third-order valence-corrected chi connectivity index (χ3v) is 6.65. The first kappa shape index (κ1) is 12.3. The predicted molar refractivity (Wildman–Crippen MR) is 75.5 cm³/mol. The van der Waals surface area contributed by atoms with E-state index in [9.17, 15) is 8.42 Å². The highest BCUT2D eigenvalue weighted by molar-refractivity contribution is 8.15. The summed E-state index contributed by atoms with van der Waals surface area (Å²) in [5.41, 5.74) is 0.723. The molecule has 0 amide bonds. The lowest BCUT2D eigenvalue weighted by molar-refractivity contribution is 0.601. The number of halogens is 1. The van der Waals surface area contributed by atoms with E-state index in [1.807, 2.05) is 18.2 Å². The summed E-state index contributed by atoms with van der Waals surface area (Å²) in [7, 11) is -2.98. The van der Waals surface area contributed by atoms with Crippen LogP contribution in [-0.2, 0) is 9.84 Å². The van der Waals surface area contributed by atoms with Crippen molar-refractivity contribution in [2.24, 2.45) is 0 Å². The molecule has 2 saturated heterocycles. The fourth-order valence-electron chi connectivity index (χ4n) is 2.44. The molecular formula is C11H11ClN2O2S2. The van der Waals surface area contributed by atoms with Crippen LogP contribution in [0.2, 0.25) is 5.02 Å². The van der Waals surface area contributed by atoms with Gasteiger partial charge in [0.15, 0.2) is 15.0 Å². The van der Waals surface area contributed by atoms with Crippen molar-refractivity contribution >= 4 is 44.1 Å². The van der Waals surface area contributed by atoms with E-state index in [4.69, 9.17) is 17.0 Å². The lowest BCUT2D eigenvalue weighted by Crippen LogP contribution is -2.37. The quantitative estimate of drug-likeness (QED) is 0.862. The number of nitrogens with zero attached hydrogens (tertiary/aromatic N) is 1. The van der Waals surface area contributed by atoms with Gasteiger partial charge in [0.1, 0.15) is 0 Å². The van der Waals surface area contributed by atoms with Crippen LogP contribution in [0.1, 0.15) is 0 Å². The molecule has 0 spiro atoms. The summed E-state index contributed by atoms with van der Waals surface area (Å²) in [6.07, 6.45) is 0. The van der Waals surface area contributed by atoms with Crippen molar-refractivity contribution in [1.29, 1.82) is 5.41 Å². The Morgan fingerprint density at radius 3 is 2.78 bits per heavy atom. The number of thioether (sulfide) groups is 1. The highest BCUT2D eigenvalue weighted by Crippen LogP contribution is 2.42. The second-order valence-electron chi connectivity index (χ2n) is 4.43. The smallest absolute Gasteiger partial charge is 0.161 e. The Morgan fingerprint density at radius 2 is 2.06 bits per heavy atom. The highest BCUT2D eigenvalue weighted by Gasteiger charge is 2.48. The molecule has 2 aliphatic rings. The van der Waals surface area contributed by atoms with Gasteiger partial charge in [-0.3, -0.25) is 5.41 Å². The molecule has 0 unspecified atom stereocenters. The molecule has 2 fully saturated rings. The number of para-hydroxylation sites is 1. The number of amidine groups is 1. The van der Waals surface area contributed by atoms with Gasteiger partial charge in [0.25, 0.3) is 0 Å². The third kappa shape index (κ3) is 1.92. The number of benzene rings is 1. The first-order chi connectivity index (χ1) is 8.48. The largest absolute Gasteiger partial charge is 0.315 e. The summed E-state index contributed by atoms with van der Waals surface area (Å²) < 4.78 is 23.3. The highest BCUT2D eigenvalue weighted by atomic mass is 35.5. The van der Waals surface area contributed by atoms with E-state index in [2.05, 4.69) is 0 Å².